The lowest BCUT2D eigenvalue weighted by atomic mass is 10.2. The van der Waals surface area contributed by atoms with Crippen molar-refractivity contribution in [3.05, 3.63) is 34.8 Å². The number of aryl methyl sites for hydroxylation is 2. The van der Waals surface area contributed by atoms with Crippen LogP contribution in [-0.2, 0) is 16.6 Å². The van der Waals surface area contributed by atoms with Crippen LogP contribution in [0.2, 0.25) is 0 Å². The summed E-state index contributed by atoms with van der Waals surface area (Å²) in [6.07, 6.45) is 0. The van der Waals surface area contributed by atoms with Crippen molar-refractivity contribution >= 4 is 10.0 Å². The number of rotatable bonds is 5. The lowest BCUT2D eigenvalue weighted by Crippen LogP contribution is -2.23. The quantitative estimate of drug-likeness (QED) is 0.745. The molecule has 3 aromatic heterocycles. The highest BCUT2D eigenvalue weighted by Gasteiger charge is 2.22. The van der Waals surface area contributed by atoms with E-state index in [4.69, 9.17) is 8.94 Å². The average molecular weight is 338 g/mol. The maximum absolute atomic E-state index is 12.2. The highest BCUT2D eigenvalue weighted by molar-refractivity contribution is 7.89. The van der Waals surface area contributed by atoms with E-state index in [1.165, 1.54) is 12.1 Å². The Bertz CT molecular complexity index is 937. The summed E-state index contributed by atoms with van der Waals surface area (Å²) in [5.74, 6) is 0.697. The van der Waals surface area contributed by atoms with Crippen molar-refractivity contribution in [3.8, 4) is 11.5 Å². The third kappa shape index (κ3) is 2.90. The standard InChI is InChI=1S/C13H14N4O5S/c1-7-8(2)15-21-13(7)11-4-5-12(20-11)23(18,19)14-6-10-9(3)16-22-17-10/h4-5,14H,6H2,1-3H3. The molecule has 0 atom stereocenters. The normalized spacial score (nSPS) is 12.0. The number of nitrogens with zero attached hydrogens (tertiary/aromatic N) is 3. The minimum Gasteiger partial charge on any atom is -0.440 e. The number of nitrogens with one attached hydrogen (secondary N) is 1. The Morgan fingerprint density at radius 3 is 2.48 bits per heavy atom. The molecule has 3 aromatic rings. The van der Waals surface area contributed by atoms with Gasteiger partial charge in [-0.3, -0.25) is 0 Å². The van der Waals surface area contributed by atoms with Gasteiger partial charge in [-0.2, -0.15) is 0 Å². The monoisotopic (exact) mass is 338 g/mol. The molecule has 0 aliphatic carbocycles. The molecule has 0 saturated carbocycles. The zero-order valence-corrected chi connectivity index (χ0v) is 13.5. The van der Waals surface area contributed by atoms with Gasteiger partial charge in [0, 0.05) is 5.56 Å². The maximum Gasteiger partial charge on any atom is 0.274 e. The number of aromatic nitrogens is 3. The summed E-state index contributed by atoms with van der Waals surface area (Å²) in [4.78, 5) is 0. The molecule has 0 radical (unpaired) electrons. The second-order valence-electron chi connectivity index (χ2n) is 4.96. The van der Waals surface area contributed by atoms with Gasteiger partial charge >= 0.3 is 0 Å². The van der Waals surface area contributed by atoms with Crippen molar-refractivity contribution < 1.29 is 22.0 Å². The lowest BCUT2D eigenvalue weighted by molar-refractivity contribution is 0.301. The first-order valence-corrected chi connectivity index (χ1v) is 8.17. The number of hydrogen-bond donors (Lipinski definition) is 1. The van der Waals surface area contributed by atoms with Crippen molar-refractivity contribution in [2.45, 2.75) is 32.4 Å². The van der Waals surface area contributed by atoms with E-state index in [9.17, 15) is 8.42 Å². The Morgan fingerprint density at radius 2 is 1.87 bits per heavy atom. The summed E-state index contributed by atoms with van der Waals surface area (Å²) in [6, 6.07) is 2.87. The molecule has 23 heavy (non-hydrogen) atoms. The summed E-state index contributed by atoms with van der Waals surface area (Å²) in [7, 11) is -3.83. The first-order chi connectivity index (χ1) is 10.9. The molecule has 0 bridgehead atoms. The topological polar surface area (TPSA) is 124 Å². The highest BCUT2D eigenvalue weighted by atomic mass is 32.2. The van der Waals surface area contributed by atoms with Crippen molar-refractivity contribution in [1.29, 1.82) is 0 Å². The van der Waals surface area contributed by atoms with E-state index < -0.39 is 10.0 Å². The van der Waals surface area contributed by atoms with Crippen LogP contribution in [-0.4, -0.2) is 23.9 Å². The van der Waals surface area contributed by atoms with Gasteiger partial charge in [0.25, 0.3) is 10.0 Å². The second-order valence-corrected chi connectivity index (χ2v) is 6.66. The first-order valence-electron chi connectivity index (χ1n) is 6.69. The van der Waals surface area contributed by atoms with Crippen LogP contribution in [0, 0.1) is 20.8 Å². The molecule has 0 aromatic carbocycles. The fraction of sp³-hybridized carbons (Fsp3) is 0.308. The van der Waals surface area contributed by atoms with Crippen molar-refractivity contribution in [2.75, 3.05) is 0 Å². The molecular formula is C13H14N4O5S. The van der Waals surface area contributed by atoms with Crippen LogP contribution >= 0.6 is 0 Å². The molecule has 0 aliphatic rings. The van der Waals surface area contributed by atoms with E-state index in [2.05, 4.69) is 24.8 Å². The van der Waals surface area contributed by atoms with Crippen LogP contribution in [0.4, 0.5) is 0 Å². The lowest BCUT2D eigenvalue weighted by Gasteiger charge is -2.01. The molecule has 10 heteroatoms. The molecule has 0 fully saturated rings. The Hall–Kier alpha value is -2.46. The van der Waals surface area contributed by atoms with E-state index in [0.717, 1.165) is 5.56 Å². The fourth-order valence-electron chi connectivity index (χ4n) is 1.88. The molecule has 1 N–H and O–H groups in total. The van der Waals surface area contributed by atoms with Crippen LogP contribution in [0.1, 0.15) is 22.6 Å². The van der Waals surface area contributed by atoms with Crippen LogP contribution in [0.25, 0.3) is 11.5 Å². The van der Waals surface area contributed by atoms with Crippen LogP contribution in [0.3, 0.4) is 0 Å². The largest absolute Gasteiger partial charge is 0.440 e. The molecule has 3 heterocycles. The zero-order chi connectivity index (χ0) is 16.6. The maximum atomic E-state index is 12.2. The molecule has 0 saturated heterocycles. The molecule has 0 spiro atoms. The van der Waals surface area contributed by atoms with Crippen molar-refractivity contribution in [3.63, 3.8) is 0 Å². The summed E-state index contributed by atoms with van der Waals surface area (Å²) in [5.41, 5.74) is 2.43. The van der Waals surface area contributed by atoms with Gasteiger partial charge in [-0.05, 0) is 32.9 Å². The average Bonchev–Trinajstić information content (AvgIpc) is 3.20. The van der Waals surface area contributed by atoms with E-state index in [1.807, 2.05) is 6.92 Å². The van der Waals surface area contributed by atoms with Gasteiger partial charge in [-0.15, -0.1) is 0 Å². The number of furan rings is 1. The Morgan fingerprint density at radius 1 is 1.09 bits per heavy atom. The summed E-state index contributed by atoms with van der Waals surface area (Å²) in [5, 5.41) is 10.8. The minimum absolute atomic E-state index is 0.0475. The summed E-state index contributed by atoms with van der Waals surface area (Å²) >= 11 is 0. The van der Waals surface area contributed by atoms with Crippen LogP contribution < -0.4 is 4.72 Å². The molecule has 3 rings (SSSR count). The summed E-state index contributed by atoms with van der Waals surface area (Å²) < 4.78 is 41.9. The molecule has 0 unspecified atom stereocenters. The van der Waals surface area contributed by atoms with Crippen LogP contribution in [0.15, 0.2) is 30.8 Å². The zero-order valence-electron chi connectivity index (χ0n) is 12.7. The third-order valence-electron chi connectivity index (χ3n) is 3.40. The Labute approximate surface area is 131 Å². The van der Waals surface area contributed by atoms with Gasteiger partial charge in [0.1, 0.15) is 11.4 Å². The number of hydrogen-bond acceptors (Lipinski definition) is 8. The molecular weight excluding hydrogens is 324 g/mol. The SMILES string of the molecule is Cc1nonc1CNS(=O)(=O)c1ccc(-c2onc(C)c2C)o1. The Balaban J connectivity index is 1.81. The number of sulfonamides is 1. The van der Waals surface area contributed by atoms with E-state index >= 15 is 0 Å². The minimum atomic E-state index is -3.83. The van der Waals surface area contributed by atoms with E-state index in [-0.39, 0.29) is 11.6 Å². The van der Waals surface area contributed by atoms with Gasteiger partial charge in [0.15, 0.2) is 5.76 Å². The van der Waals surface area contributed by atoms with Gasteiger partial charge < -0.3 is 8.94 Å². The first kappa shape index (κ1) is 15.4. The van der Waals surface area contributed by atoms with E-state index in [0.29, 0.717) is 28.6 Å². The third-order valence-corrected chi connectivity index (χ3v) is 4.68. The van der Waals surface area contributed by atoms with Gasteiger partial charge in [-0.25, -0.2) is 17.8 Å². The van der Waals surface area contributed by atoms with Crippen LogP contribution in [0.5, 0.6) is 0 Å². The van der Waals surface area contributed by atoms with E-state index in [1.54, 1.807) is 13.8 Å². The molecule has 0 aliphatic heterocycles. The molecule has 122 valence electrons. The summed E-state index contributed by atoms with van der Waals surface area (Å²) in [6.45, 7) is 5.23. The van der Waals surface area contributed by atoms with Gasteiger partial charge in [0.05, 0.1) is 12.2 Å². The second kappa shape index (κ2) is 5.63. The Kier molecular flexibility index (Phi) is 3.78. The van der Waals surface area contributed by atoms with Crippen molar-refractivity contribution in [1.82, 2.24) is 20.2 Å². The van der Waals surface area contributed by atoms with Crippen molar-refractivity contribution in [2.24, 2.45) is 0 Å². The predicted octanol–water partition coefficient (Wildman–Crippen LogP) is 1.72. The molecule has 9 nitrogen and oxygen atoms in total. The predicted molar refractivity (Wildman–Crippen MR) is 76.7 cm³/mol. The smallest absolute Gasteiger partial charge is 0.274 e. The highest BCUT2D eigenvalue weighted by Crippen LogP contribution is 2.28. The van der Waals surface area contributed by atoms with Gasteiger partial charge in [0.2, 0.25) is 10.9 Å². The van der Waals surface area contributed by atoms with Gasteiger partial charge in [-0.1, -0.05) is 15.5 Å². The molecule has 0 amide bonds. The fourth-order valence-corrected chi connectivity index (χ4v) is 2.79.